The highest BCUT2D eigenvalue weighted by atomic mass is 35.5. The summed E-state index contributed by atoms with van der Waals surface area (Å²) in [5.41, 5.74) is 0. The number of carbonyl (C=O) groups is 1. The van der Waals surface area contributed by atoms with E-state index in [4.69, 9.17) is 16.1 Å². The Labute approximate surface area is 128 Å². The molecular weight excluding hydrogens is 292 g/mol. The summed E-state index contributed by atoms with van der Waals surface area (Å²) in [6, 6.07) is 1.50. The SMILES string of the molecule is CC(C)[C@@H](NC(=O)CCc1cc(Cl)no1)c1nccn1C. The summed E-state index contributed by atoms with van der Waals surface area (Å²) in [5, 5.41) is 6.90. The lowest BCUT2D eigenvalue weighted by Crippen LogP contribution is -2.33. The summed E-state index contributed by atoms with van der Waals surface area (Å²) in [5.74, 6) is 1.65. The molecule has 6 nitrogen and oxygen atoms in total. The number of aryl methyl sites for hydroxylation is 2. The molecule has 0 aliphatic heterocycles. The standard InChI is InChI=1S/C14H19ClN4O2/c1-9(2)13(14-16-6-7-19(14)3)17-12(20)5-4-10-8-11(15)18-21-10/h6-9,13H,4-5H2,1-3H3,(H,17,20)/t13-/m1/s1. The van der Waals surface area contributed by atoms with Crippen LogP contribution in [-0.4, -0.2) is 20.6 Å². The van der Waals surface area contributed by atoms with E-state index in [1.54, 1.807) is 12.3 Å². The zero-order chi connectivity index (χ0) is 15.4. The summed E-state index contributed by atoms with van der Waals surface area (Å²) < 4.78 is 6.90. The molecule has 0 unspecified atom stereocenters. The summed E-state index contributed by atoms with van der Waals surface area (Å²) in [6.07, 6.45) is 4.39. The van der Waals surface area contributed by atoms with E-state index in [9.17, 15) is 4.79 Å². The minimum absolute atomic E-state index is 0.0516. The number of halogens is 1. The first-order chi connectivity index (χ1) is 9.97. The van der Waals surface area contributed by atoms with Crippen molar-refractivity contribution in [1.29, 1.82) is 0 Å². The summed E-state index contributed by atoms with van der Waals surface area (Å²) in [4.78, 5) is 16.4. The van der Waals surface area contributed by atoms with E-state index in [-0.39, 0.29) is 17.9 Å². The second-order valence-corrected chi connectivity index (χ2v) is 5.69. The van der Waals surface area contributed by atoms with Crippen molar-refractivity contribution < 1.29 is 9.32 Å². The van der Waals surface area contributed by atoms with Gasteiger partial charge in [-0.3, -0.25) is 4.79 Å². The normalized spacial score (nSPS) is 12.6. The molecule has 0 aliphatic carbocycles. The molecule has 0 radical (unpaired) electrons. The molecule has 2 rings (SSSR count). The Kier molecular flexibility index (Phi) is 5.01. The Balaban J connectivity index is 1.94. The minimum Gasteiger partial charge on any atom is -0.360 e. The first-order valence-corrected chi connectivity index (χ1v) is 7.23. The van der Waals surface area contributed by atoms with Gasteiger partial charge in [0.25, 0.3) is 0 Å². The third-order valence-corrected chi connectivity index (χ3v) is 3.43. The van der Waals surface area contributed by atoms with E-state index < -0.39 is 0 Å². The van der Waals surface area contributed by atoms with Crippen molar-refractivity contribution in [3.05, 3.63) is 35.2 Å². The van der Waals surface area contributed by atoms with E-state index in [0.717, 1.165) is 5.82 Å². The number of nitrogens with one attached hydrogen (secondary N) is 1. The molecule has 0 spiro atoms. The number of nitrogens with zero attached hydrogens (tertiary/aromatic N) is 3. The lowest BCUT2D eigenvalue weighted by molar-refractivity contribution is -0.122. The number of carbonyl (C=O) groups excluding carboxylic acids is 1. The Morgan fingerprint density at radius 3 is 2.81 bits per heavy atom. The zero-order valence-corrected chi connectivity index (χ0v) is 13.1. The third kappa shape index (κ3) is 4.07. The minimum atomic E-state index is -0.115. The lowest BCUT2D eigenvalue weighted by atomic mass is 10.0. The summed E-state index contributed by atoms with van der Waals surface area (Å²) in [7, 11) is 1.92. The summed E-state index contributed by atoms with van der Waals surface area (Å²) >= 11 is 5.67. The van der Waals surface area contributed by atoms with Crippen LogP contribution in [-0.2, 0) is 18.3 Å². The van der Waals surface area contributed by atoms with Crippen LogP contribution in [0.1, 0.15) is 37.9 Å². The largest absolute Gasteiger partial charge is 0.360 e. The fourth-order valence-corrected chi connectivity index (χ4v) is 2.25. The van der Waals surface area contributed by atoms with Gasteiger partial charge in [0, 0.05) is 38.3 Å². The van der Waals surface area contributed by atoms with E-state index in [1.807, 2.05) is 17.8 Å². The molecule has 2 aromatic rings. The Hall–Kier alpha value is -1.82. The number of imidazole rings is 1. The number of rotatable bonds is 6. The molecule has 0 aliphatic rings. The second-order valence-electron chi connectivity index (χ2n) is 5.30. The molecule has 7 heteroatoms. The van der Waals surface area contributed by atoms with Crippen LogP contribution in [0.2, 0.25) is 5.15 Å². The predicted octanol–water partition coefficient (Wildman–Crippen LogP) is 2.51. The smallest absolute Gasteiger partial charge is 0.221 e. The molecule has 0 fully saturated rings. The Morgan fingerprint density at radius 2 is 2.29 bits per heavy atom. The van der Waals surface area contributed by atoms with Crippen LogP contribution in [0.25, 0.3) is 0 Å². The van der Waals surface area contributed by atoms with Crippen molar-refractivity contribution in [2.75, 3.05) is 0 Å². The summed E-state index contributed by atoms with van der Waals surface area (Å²) in [6.45, 7) is 4.10. The van der Waals surface area contributed by atoms with Gasteiger partial charge in [-0.1, -0.05) is 30.6 Å². The predicted molar refractivity (Wildman–Crippen MR) is 78.8 cm³/mol. The van der Waals surface area contributed by atoms with Gasteiger partial charge >= 0.3 is 0 Å². The monoisotopic (exact) mass is 310 g/mol. The van der Waals surface area contributed by atoms with Crippen molar-refractivity contribution in [2.45, 2.75) is 32.7 Å². The van der Waals surface area contributed by atoms with Crippen molar-refractivity contribution in [3.63, 3.8) is 0 Å². The Bertz CT molecular complexity index is 606. The molecule has 2 heterocycles. The maximum Gasteiger partial charge on any atom is 0.221 e. The van der Waals surface area contributed by atoms with Crippen LogP contribution in [0.3, 0.4) is 0 Å². The maximum atomic E-state index is 12.1. The van der Waals surface area contributed by atoms with Gasteiger partial charge < -0.3 is 14.4 Å². The Morgan fingerprint density at radius 1 is 1.52 bits per heavy atom. The molecule has 0 aromatic carbocycles. The van der Waals surface area contributed by atoms with Gasteiger partial charge in [0.2, 0.25) is 5.91 Å². The number of hydrogen-bond donors (Lipinski definition) is 1. The molecular formula is C14H19ClN4O2. The number of hydrogen-bond acceptors (Lipinski definition) is 4. The quantitative estimate of drug-likeness (QED) is 0.889. The van der Waals surface area contributed by atoms with Gasteiger partial charge in [0.15, 0.2) is 5.15 Å². The second kappa shape index (κ2) is 6.76. The lowest BCUT2D eigenvalue weighted by Gasteiger charge is -2.22. The molecule has 114 valence electrons. The van der Waals surface area contributed by atoms with Crippen LogP contribution in [0.15, 0.2) is 23.0 Å². The van der Waals surface area contributed by atoms with E-state index in [0.29, 0.717) is 23.8 Å². The maximum absolute atomic E-state index is 12.1. The van der Waals surface area contributed by atoms with Gasteiger partial charge in [-0.25, -0.2) is 4.98 Å². The molecule has 2 aromatic heterocycles. The highest BCUT2D eigenvalue weighted by Gasteiger charge is 2.22. The third-order valence-electron chi connectivity index (χ3n) is 3.25. The van der Waals surface area contributed by atoms with Gasteiger partial charge in [-0.15, -0.1) is 0 Å². The van der Waals surface area contributed by atoms with E-state index >= 15 is 0 Å². The van der Waals surface area contributed by atoms with Crippen LogP contribution < -0.4 is 5.32 Å². The average molecular weight is 311 g/mol. The van der Waals surface area contributed by atoms with Crippen LogP contribution in [0, 0.1) is 5.92 Å². The molecule has 0 saturated heterocycles. The van der Waals surface area contributed by atoms with Gasteiger partial charge in [0.05, 0.1) is 6.04 Å². The fraction of sp³-hybridized carbons (Fsp3) is 0.500. The molecule has 1 atom stereocenters. The molecule has 1 N–H and O–H groups in total. The van der Waals surface area contributed by atoms with Gasteiger partial charge in [0.1, 0.15) is 11.6 Å². The molecule has 21 heavy (non-hydrogen) atoms. The van der Waals surface area contributed by atoms with Gasteiger partial charge in [-0.05, 0) is 5.92 Å². The van der Waals surface area contributed by atoms with E-state index in [1.165, 1.54) is 0 Å². The number of aromatic nitrogens is 3. The van der Waals surface area contributed by atoms with Crippen molar-refractivity contribution in [3.8, 4) is 0 Å². The topological polar surface area (TPSA) is 73.0 Å². The van der Waals surface area contributed by atoms with Crippen LogP contribution in [0.5, 0.6) is 0 Å². The van der Waals surface area contributed by atoms with Crippen molar-refractivity contribution >= 4 is 17.5 Å². The number of amides is 1. The highest BCUT2D eigenvalue weighted by Crippen LogP contribution is 2.20. The molecule has 1 amide bonds. The molecule has 0 bridgehead atoms. The van der Waals surface area contributed by atoms with Crippen molar-refractivity contribution in [1.82, 2.24) is 20.0 Å². The highest BCUT2D eigenvalue weighted by molar-refractivity contribution is 6.29. The van der Waals surface area contributed by atoms with E-state index in [2.05, 4.69) is 29.3 Å². The average Bonchev–Trinajstić information content (AvgIpc) is 3.02. The molecule has 0 saturated carbocycles. The van der Waals surface area contributed by atoms with Crippen LogP contribution in [0.4, 0.5) is 0 Å². The first-order valence-electron chi connectivity index (χ1n) is 6.85. The first kappa shape index (κ1) is 15.6. The van der Waals surface area contributed by atoms with Gasteiger partial charge in [-0.2, -0.15) is 0 Å². The fourth-order valence-electron chi connectivity index (χ4n) is 2.09. The zero-order valence-electron chi connectivity index (χ0n) is 12.3. The van der Waals surface area contributed by atoms with Crippen molar-refractivity contribution in [2.24, 2.45) is 13.0 Å². The van der Waals surface area contributed by atoms with Crippen LogP contribution >= 0.6 is 11.6 Å².